The molecule has 0 spiro atoms. The summed E-state index contributed by atoms with van der Waals surface area (Å²) in [5.74, 6) is 0. The molecular formula is C20H23O. The summed E-state index contributed by atoms with van der Waals surface area (Å²) in [5.41, 5.74) is 2.68. The van der Waals surface area contributed by atoms with Gasteiger partial charge in [-0.05, 0) is 30.4 Å². The molecule has 0 bridgehead atoms. The summed E-state index contributed by atoms with van der Waals surface area (Å²) in [7, 11) is 0. The van der Waals surface area contributed by atoms with Gasteiger partial charge in [0.2, 0.25) is 0 Å². The number of hydrogen-bond donors (Lipinski definition) is 0. The van der Waals surface area contributed by atoms with Crippen LogP contribution in [-0.2, 0) is 17.6 Å². The molecule has 1 aliphatic heterocycles. The molecule has 0 unspecified atom stereocenters. The van der Waals surface area contributed by atoms with Crippen molar-refractivity contribution in [3.8, 4) is 0 Å². The fourth-order valence-corrected chi connectivity index (χ4v) is 3.34. The third-order valence-electron chi connectivity index (χ3n) is 4.40. The van der Waals surface area contributed by atoms with E-state index in [2.05, 4.69) is 74.0 Å². The Labute approximate surface area is 128 Å². The summed E-state index contributed by atoms with van der Waals surface area (Å²) in [6.07, 6.45) is 6.75. The molecule has 0 amide bonds. The van der Waals surface area contributed by atoms with Crippen molar-refractivity contribution in [2.45, 2.75) is 44.3 Å². The lowest BCUT2D eigenvalue weighted by molar-refractivity contribution is -0.0282. The summed E-state index contributed by atoms with van der Waals surface area (Å²) < 4.78 is 6.45. The van der Waals surface area contributed by atoms with Crippen molar-refractivity contribution in [3.63, 3.8) is 0 Å². The molecule has 1 aliphatic rings. The van der Waals surface area contributed by atoms with Gasteiger partial charge in [-0.2, -0.15) is 0 Å². The number of hydrogen-bond acceptors (Lipinski definition) is 1. The Kier molecular flexibility index (Phi) is 4.40. The van der Waals surface area contributed by atoms with Crippen molar-refractivity contribution in [1.82, 2.24) is 0 Å². The maximum Gasteiger partial charge on any atom is 0.0767 e. The van der Waals surface area contributed by atoms with Crippen LogP contribution in [0.15, 0.2) is 60.7 Å². The Morgan fingerprint density at radius 3 is 1.90 bits per heavy atom. The second kappa shape index (κ2) is 6.44. The van der Waals surface area contributed by atoms with Crippen LogP contribution in [0.2, 0.25) is 0 Å². The first-order valence-electron chi connectivity index (χ1n) is 7.85. The van der Waals surface area contributed by atoms with Gasteiger partial charge in [0.1, 0.15) is 0 Å². The van der Waals surface area contributed by atoms with E-state index in [-0.39, 0.29) is 5.60 Å². The molecule has 0 aliphatic carbocycles. The Morgan fingerprint density at radius 1 is 0.952 bits per heavy atom. The second-order valence-electron chi connectivity index (χ2n) is 6.04. The van der Waals surface area contributed by atoms with Crippen LogP contribution in [0.5, 0.6) is 0 Å². The van der Waals surface area contributed by atoms with Crippen LogP contribution in [-0.4, -0.2) is 11.7 Å². The fourth-order valence-electron chi connectivity index (χ4n) is 3.34. The number of benzene rings is 2. The van der Waals surface area contributed by atoms with Crippen LogP contribution in [0.1, 0.15) is 30.9 Å². The van der Waals surface area contributed by atoms with E-state index in [1.54, 1.807) is 0 Å². The summed E-state index contributed by atoms with van der Waals surface area (Å²) in [5, 5.41) is 0. The van der Waals surface area contributed by atoms with Crippen molar-refractivity contribution in [2.24, 2.45) is 0 Å². The average Bonchev–Trinajstić information content (AvgIpc) is 2.92. The minimum absolute atomic E-state index is 0.0557. The molecule has 0 saturated carbocycles. The largest absolute Gasteiger partial charge is 0.371 e. The topological polar surface area (TPSA) is 9.23 Å². The lowest BCUT2D eigenvalue weighted by Gasteiger charge is -2.30. The molecule has 2 aromatic carbocycles. The predicted molar refractivity (Wildman–Crippen MR) is 87.1 cm³/mol. The molecule has 2 aromatic rings. The standard InChI is InChI=1S/C20H23O/c1-2-19-13-14-20(21-19,15-17-9-5-3-6-10-17)16-18-11-7-4-8-12-18/h2-12,19H,13-16H2,1H3/t19-/m0/s1. The molecule has 0 aromatic heterocycles. The van der Waals surface area contributed by atoms with Gasteiger partial charge in [0.05, 0.1) is 11.7 Å². The molecule has 1 saturated heterocycles. The quantitative estimate of drug-likeness (QED) is 0.776. The first-order valence-corrected chi connectivity index (χ1v) is 7.85. The van der Waals surface area contributed by atoms with Crippen LogP contribution < -0.4 is 0 Å². The van der Waals surface area contributed by atoms with E-state index in [1.165, 1.54) is 11.1 Å². The summed E-state index contributed by atoms with van der Waals surface area (Å²) in [4.78, 5) is 0. The third kappa shape index (κ3) is 3.54. The zero-order chi connectivity index (χ0) is 14.5. The Balaban J connectivity index is 1.82. The Morgan fingerprint density at radius 2 is 1.48 bits per heavy atom. The Bertz CT molecular complexity index is 505. The third-order valence-corrected chi connectivity index (χ3v) is 4.40. The van der Waals surface area contributed by atoms with Gasteiger partial charge in [-0.15, -0.1) is 0 Å². The monoisotopic (exact) mass is 279 g/mol. The van der Waals surface area contributed by atoms with E-state index < -0.39 is 0 Å². The smallest absolute Gasteiger partial charge is 0.0767 e. The van der Waals surface area contributed by atoms with E-state index in [0.717, 1.165) is 25.7 Å². The normalized spacial score (nSPS) is 20.5. The van der Waals surface area contributed by atoms with E-state index in [4.69, 9.17) is 4.74 Å². The number of ether oxygens (including phenoxy) is 1. The van der Waals surface area contributed by atoms with Crippen molar-refractivity contribution in [2.75, 3.05) is 0 Å². The zero-order valence-corrected chi connectivity index (χ0v) is 12.7. The second-order valence-corrected chi connectivity index (χ2v) is 6.04. The molecule has 0 N–H and O–H groups in total. The first-order chi connectivity index (χ1) is 10.3. The highest BCUT2D eigenvalue weighted by molar-refractivity contribution is 5.22. The van der Waals surface area contributed by atoms with Crippen molar-refractivity contribution in [1.29, 1.82) is 0 Å². The number of rotatable bonds is 5. The SMILES string of the molecule is C[CH][C@H]1CCC(Cc2ccccc2)(Cc2ccccc2)O1. The van der Waals surface area contributed by atoms with E-state index >= 15 is 0 Å². The van der Waals surface area contributed by atoms with Crippen molar-refractivity contribution < 1.29 is 4.74 Å². The summed E-state index contributed by atoms with van der Waals surface area (Å²) in [6.45, 7) is 2.10. The summed E-state index contributed by atoms with van der Waals surface area (Å²) >= 11 is 0. The molecule has 1 heterocycles. The summed E-state index contributed by atoms with van der Waals surface area (Å²) in [6, 6.07) is 21.4. The van der Waals surface area contributed by atoms with E-state index in [0.29, 0.717) is 6.10 Å². The van der Waals surface area contributed by atoms with Gasteiger partial charge in [-0.1, -0.05) is 67.6 Å². The zero-order valence-electron chi connectivity index (χ0n) is 12.7. The van der Waals surface area contributed by atoms with Gasteiger partial charge in [-0.3, -0.25) is 0 Å². The molecule has 1 atom stereocenters. The molecule has 3 rings (SSSR count). The first kappa shape index (κ1) is 14.3. The minimum atomic E-state index is -0.0557. The van der Waals surface area contributed by atoms with Crippen LogP contribution in [0.25, 0.3) is 0 Å². The fraction of sp³-hybridized carbons (Fsp3) is 0.350. The highest BCUT2D eigenvalue weighted by atomic mass is 16.5. The molecule has 1 radical (unpaired) electrons. The lowest BCUT2D eigenvalue weighted by Crippen LogP contribution is -2.34. The van der Waals surface area contributed by atoms with Gasteiger partial charge in [0.15, 0.2) is 0 Å². The van der Waals surface area contributed by atoms with Gasteiger partial charge in [-0.25, -0.2) is 0 Å². The highest BCUT2D eigenvalue weighted by Gasteiger charge is 2.39. The molecular weight excluding hydrogens is 256 g/mol. The predicted octanol–water partition coefficient (Wildman–Crippen LogP) is 4.61. The molecule has 109 valence electrons. The van der Waals surface area contributed by atoms with Gasteiger partial charge in [0, 0.05) is 12.8 Å². The molecule has 1 heteroatoms. The maximum atomic E-state index is 6.45. The van der Waals surface area contributed by atoms with Crippen LogP contribution in [0.3, 0.4) is 0 Å². The average molecular weight is 279 g/mol. The van der Waals surface area contributed by atoms with Crippen LogP contribution in [0.4, 0.5) is 0 Å². The maximum absolute atomic E-state index is 6.45. The van der Waals surface area contributed by atoms with Crippen molar-refractivity contribution in [3.05, 3.63) is 78.2 Å². The molecule has 1 nitrogen and oxygen atoms in total. The minimum Gasteiger partial charge on any atom is -0.371 e. The van der Waals surface area contributed by atoms with E-state index in [1.807, 2.05) is 0 Å². The Hall–Kier alpha value is -1.60. The van der Waals surface area contributed by atoms with Gasteiger partial charge >= 0.3 is 0 Å². The van der Waals surface area contributed by atoms with Gasteiger partial charge in [0.25, 0.3) is 0 Å². The van der Waals surface area contributed by atoms with Crippen LogP contribution >= 0.6 is 0 Å². The highest BCUT2D eigenvalue weighted by Crippen LogP contribution is 2.37. The van der Waals surface area contributed by atoms with Crippen molar-refractivity contribution >= 4 is 0 Å². The van der Waals surface area contributed by atoms with Gasteiger partial charge < -0.3 is 4.74 Å². The van der Waals surface area contributed by atoms with E-state index in [9.17, 15) is 0 Å². The molecule has 1 fully saturated rings. The molecule has 21 heavy (non-hydrogen) atoms. The van der Waals surface area contributed by atoms with Crippen LogP contribution in [0, 0.1) is 6.42 Å². The lowest BCUT2D eigenvalue weighted by atomic mass is 9.85.